The Bertz CT molecular complexity index is 1880. The Hall–Kier alpha value is -4.13. The lowest BCUT2D eigenvalue weighted by Gasteiger charge is -2.26. The summed E-state index contributed by atoms with van der Waals surface area (Å²) in [6.07, 6.45) is 22.5. The van der Waals surface area contributed by atoms with Crippen LogP contribution in [0.1, 0.15) is 28.8 Å². The number of hydrogen-bond acceptors (Lipinski definition) is 5. The largest absolute Gasteiger partial charge is 0.378 e. The minimum absolute atomic E-state index is 0.959. The van der Waals surface area contributed by atoms with Gasteiger partial charge in [0.15, 0.2) is 12.7 Å². The molecule has 0 atom stereocenters. The van der Waals surface area contributed by atoms with E-state index < -0.39 is 0 Å². The van der Waals surface area contributed by atoms with Gasteiger partial charge in [0.05, 0.1) is 5.75 Å². The van der Waals surface area contributed by atoms with Gasteiger partial charge in [-0.3, -0.25) is 0 Å². The van der Waals surface area contributed by atoms with E-state index in [0.717, 1.165) is 44.0 Å². The summed E-state index contributed by atoms with van der Waals surface area (Å²) in [5.41, 5.74) is 10.5. The van der Waals surface area contributed by atoms with Crippen LogP contribution in [0.2, 0.25) is 0 Å². The number of fused-ring (bicyclic) bond motifs is 2. The van der Waals surface area contributed by atoms with Crippen molar-refractivity contribution < 1.29 is 4.57 Å². The van der Waals surface area contributed by atoms with E-state index in [4.69, 9.17) is 0 Å². The summed E-state index contributed by atoms with van der Waals surface area (Å²) in [5, 5.41) is 2.55. The first-order valence-corrected chi connectivity index (χ1v) is 19.3. The number of aryl methyl sites for hydroxylation is 2. The van der Waals surface area contributed by atoms with E-state index in [2.05, 4.69) is 175 Å². The molecule has 4 aromatic rings. The van der Waals surface area contributed by atoms with Crippen LogP contribution in [-0.4, -0.2) is 57.7 Å². The van der Waals surface area contributed by atoms with E-state index in [1.54, 1.807) is 0 Å². The highest BCUT2D eigenvalue weighted by Crippen LogP contribution is 2.29. The molecule has 4 nitrogen and oxygen atoms in total. The van der Waals surface area contributed by atoms with Gasteiger partial charge in [0.1, 0.15) is 0 Å². The van der Waals surface area contributed by atoms with Crippen LogP contribution in [0.3, 0.4) is 0 Å². The van der Waals surface area contributed by atoms with Gasteiger partial charge in [-0.05, 0) is 94.4 Å². The maximum Gasteiger partial charge on any atom is 0.205 e. The first kappa shape index (κ1) is 33.8. The Kier molecular flexibility index (Phi) is 11.5. The van der Waals surface area contributed by atoms with Crippen LogP contribution < -0.4 is 14.4 Å². The number of rotatable bonds is 13. The lowest BCUT2D eigenvalue weighted by atomic mass is 9.91. The molecule has 6 rings (SSSR count). The molecule has 1 aliphatic carbocycles. The van der Waals surface area contributed by atoms with Crippen molar-refractivity contribution in [3.63, 3.8) is 0 Å². The number of pyridine rings is 1. The van der Waals surface area contributed by atoms with Crippen molar-refractivity contribution in [3.8, 4) is 0 Å². The second kappa shape index (κ2) is 16.3. The monoisotopic (exact) mass is 671 g/mol. The molecule has 48 heavy (non-hydrogen) atoms. The smallest absolute Gasteiger partial charge is 0.205 e. The van der Waals surface area contributed by atoms with Gasteiger partial charge in [-0.2, -0.15) is 4.57 Å². The predicted octanol–water partition coefficient (Wildman–Crippen LogP) is 9.15. The summed E-state index contributed by atoms with van der Waals surface area (Å²) in [6, 6.07) is 26.7. The number of benzene rings is 3. The van der Waals surface area contributed by atoms with Crippen molar-refractivity contribution in [2.75, 3.05) is 62.6 Å². The minimum atomic E-state index is 0.959. The zero-order valence-corrected chi connectivity index (χ0v) is 30.3. The Labute approximate surface area is 295 Å². The van der Waals surface area contributed by atoms with E-state index in [9.17, 15) is 0 Å². The normalized spacial score (nSPS) is 14.5. The van der Waals surface area contributed by atoms with Crippen LogP contribution >= 0.6 is 21.6 Å². The molecule has 2 heterocycles. The summed E-state index contributed by atoms with van der Waals surface area (Å²) < 4.78 is 2.37. The van der Waals surface area contributed by atoms with Gasteiger partial charge in [-0.1, -0.05) is 76.2 Å². The quantitative estimate of drug-likeness (QED) is 0.0797. The van der Waals surface area contributed by atoms with Crippen molar-refractivity contribution in [2.45, 2.75) is 19.4 Å². The lowest BCUT2D eigenvalue weighted by Crippen LogP contribution is -2.37. The van der Waals surface area contributed by atoms with Crippen LogP contribution in [0.15, 0.2) is 121 Å². The first-order chi connectivity index (χ1) is 23.4. The molecule has 0 spiro atoms. The first-order valence-electron chi connectivity index (χ1n) is 16.9. The zero-order chi connectivity index (χ0) is 33.3. The molecule has 0 amide bonds. The van der Waals surface area contributed by atoms with E-state index in [0.29, 0.717) is 0 Å². The number of aromatic nitrogens is 1. The molecule has 2 aliphatic rings. The van der Waals surface area contributed by atoms with Crippen molar-refractivity contribution in [2.24, 2.45) is 0 Å². The van der Waals surface area contributed by atoms with Gasteiger partial charge < -0.3 is 14.7 Å². The summed E-state index contributed by atoms with van der Waals surface area (Å²) in [5.74, 6) is 2.16. The Morgan fingerprint density at radius 1 is 0.771 bits per heavy atom. The number of nitrogens with zero attached hydrogens (tertiary/aromatic N) is 4. The van der Waals surface area contributed by atoms with Gasteiger partial charge in [-0.15, -0.1) is 0 Å². The molecule has 246 valence electrons. The molecule has 0 unspecified atom stereocenters. The molecule has 0 bridgehead atoms. The average molecular weight is 672 g/mol. The number of anilines is 2. The Morgan fingerprint density at radius 3 is 2.44 bits per heavy atom. The van der Waals surface area contributed by atoms with Gasteiger partial charge >= 0.3 is 0 Å². The molecular weight excluding hydrogens is 625 g/mol. The fourth-order valence-corrected chi connectivity index (χ4v) is 8.07. The summed E-state index contributed by atoms with van der Waals surface area (Å²) in [4.78, 5) is 6.80. The highest BCUT2D eigenvalue weighted by atomic mass is 33.1. The van der Waals surface area contributed by atoms with Crippen molar-refractivity contribution in [1.29, 1.82) is 0 Å². The van der Waals surface area contributed by atoms with Crippen LogP contribution in [0, 0.1) is 0 Å². The highest BCUT2D eigenvalue weighted by molar-refractivity contribution is 8.76. The molecule has 3 aromatic carbocycles. The number of hydrogen-bond donors (Lipinski definition) is 0. The third-order valence-corrected chi connectivity index (χ3v) is 11.3. The molecule has 1 aliphatic heterocycles. The Morgan fingerprint density at radius 2 is 1.56 bits per heavy atom. The van der Waals surface area contributed by atoms with Crippen LogP contribution in [0.25, 0.3) is 29.0 Å². The maximum atomic E-state index is 2.48. The summed E-state index contributed by atoms with van der Waals surface area (Å²) in [7, 11) is 12.3. The van der Waals surface area contributed by atoms with E-state index in [1.165, 1.54) is 55.8 Å². The number of allylic oxidation sites excluding steroid dienone is 5. The molecule has 0 saturated carbocycles. The van der Waals surface area contributed by atoms with Crippen LogP contribution in [0.5, 0.6) is 0 Å². The van der Waals surface area contributed by atoms with Crippen molar-refractivity contribution in [3.05, 3.63) is 143 Å². The van der Waals surface area contributed by atoms with Crippen LogP contribution in [0.4, 0.5) is 11.4 Å². The summed E-state index contributed by atoms with van der Waals surface area (Å²) >= 11 is 0. The average Bonchev–Trinajstić information content (AvgIpc) is 3.11. The van der Waals surface area contributed by atoms with E-state index in [1.807, 2.05) is 21.6 Å². The second-order valence-corrected chi connectivity index (χ2v) is 15.5. The fraction of sp³-hybridized carbons (Fsp3) is 0.262. The molecule has 0 radical (unpaired) electrons. The standard InChI is InChI=1S/C42H47N4S2/c1-43(2)41-21-17-35-29-33(11-15-37(35)31-41)13-19-39-9-5-7-23-45(39)25-27-47-48-28-26-46-24-8-6-10-40(46)20-14-34-12-16-38-32-42(44(3)4)22-18-36(38)30-34/h5-11,13-15,17-22,24,29-32H,12,16,23,25-28H2,1-4H3/q+1/b19-13+. The molecule has 0 fully saturated rings. The van der Waals surface area contributed by atoms with Gasteiger partial charge in [0.2, 0.25) is 5.69 Å². The second-order valence-electron chi connectivity index (χ2n) is 12.8. The predicted molar refractivity (Wildman–Crippen MR) is 214 cm³/mol. The third-order valence-electron chi connectivity index (χ3n) is 8.96. The Balaban J connectivity index is 0.969. The van der Waals surface area contributed by atoms with Gasteiger partial charge in [0.25, 0.3) is 0 Å². The van der Waals surface area contributed by atoms with Gasteiger partial charge in [-0.25, -0.2) is 0 Å². The fourth-order valence-electron chi connectivity index (χ4n) is 6.11. The van der Waals surface area contributed by atoms with Gasteiger partial charge in [0, 0.05) is 82.3 Å². The lowest BCUT2D eigenvalue weighted by molar-refractivity contribution is -0.694. The molecule has 6 heteroatoms. The zero-order valence-electron chi connectivity index (χ0n) is 28.7. The minimum Gasteiger partial charge on any atom is -0.378 e. The molecule has 0 saturated heterocycles. The SMILES string of the molecule is CN(C)c1ccc2c(c1)CCC(/C=C/c1cccc[n+]1CCSSCCN1CC=CC=C1/C=C/c1ccc3cc(N(C)C)ccc3c1)=C2. The van der Waals surface area contributed by atoms with E-state index >= 15 is 0 Å². The highest BCUT2D eigenvalue weighted by Gasteiger charge is 2.13. The third kappa shape index (κ3) is 8.86. The molecule has 1 aromatic heterocycles. The van der Waals surface area contributed by atoms with Crippen molar-refractivity contribution in [1.82, 2.24) is 4.90 Å². The summed E-state index contributed by atoms with van der Waals surface area (Å²) in [6.45, 7) is 2.99. The maximum absolute atomic E-state index is 2.48. The topological polar surface area (TPSA) is 13.6 Å². The van der Waals surface area contributed by atoms with Crippen LogP contribution in [-0.2, 0) is 13.0 Å². The molecule has 0 N–H and O–H groups in total. The van der Waals surface area contributed by atoms with E-state index in [-0.39, 0.29) is 0 Å². The molecular formula is C42H47N4S2+. The van der Waals surface area contributed by atoms with Crippen molar-refractivity contribution >= 4 is 62.0 Å².